The summed E-state index contributed by atoms with van der Waals surface area (Å²) in [4.78, 5) is 0. The minimum absolute atomic E-state index is 0.852. The molecule has 2 heteroatoms. The lowest BCUT2D eigenvalue weighted by molar-refractivity contribution is 0.663. The molecule has 9 aromatic carbocycles. The average Bonchev–Trinajstić information content (AvgIpc) is 3.81. The number of hydrogen-bond acceptors (Lipinski definition) is 2. The summed E-state index contributed by atoms with van der Waals surface area (Å²) in [7, 11) is 0. The van der Waals surface area contributed by atoms with Gasteiger partial charge in [-0.2, -0.15) is 0 Å². The number of para-hydroxylation sites is 2. The smallest absolute Gasteiger partial charge is 0.147 e. The lowest BCUT2D eigenvalue weighted by atomic mass is 9.78. The maximum absolute atomic E-state index is 6.71. The minimum atomic E-state index is 0.852. The molecule has 252 valence electrons. The van der Waals surface area contributed by atoms with Gasteiger partial charge in [-0.25, -0.2) is 0 Å². The fraction of sp³-hybridized carbons (Fsp3) is 0.0385. The molecule has 0 unspecified atom stereocenters. The van der Waals surface area contributed by atoms with E-state index in [4.69, 9.17) is 8.83 Å². The minimum Gasteiger partial charge on any atom is -0.455 e. The van der Waals surface area contributed by atoms with Crippen molar-refractivity contribution in [3.63, 3.8) is 0 Å². The maximum atomic E-state index is 6.71. The molecule has 1 aliphatic carbocycles. The number of allylic oxidation sites excluding steroid dienone is 1. The highest BCUT2D eigenvalue weighted by atomic mass is 16.3. The molecular formula is C52H32O2. The second-order valence-corrected chi connectivity index (χ2v) is 14.6. The van der Waals surface area contributed by atoms with Crippen molar-refractivity contribution < 1.29 is 8.83 Å². The molecule has 0 bridgehead atoms. The molecule has 2 nitrogen and oxygen atoms in total. The van der Waals surface area contributed by atoms with Gasteiger partial charge in [0, 0.05) is 21.7 Å². The maximum Gasteiger partial charge on any atom is 0.147 e. The van der Waals surface area contributed by atoms with Crippen molar-refractivity contribution in [2.24, 2.45) is 0 Å². The Hall–Kier alpha value is -6.90. The second kappa shape index (κ2) is 11.3. The summed E-state index contributed by atoms with van der Waals surface area (Å²) in [6.45, 7) is 0. The Labute approximate surface area is 311 Å². The average molecular weight is 689 g/mol. The van der Waals surface area contributed by atoms with Crippen LogP contribution in [0, 0.1) is 0 Å². The van der Waals surface area contributed by atoms with Crippen molar-refractivity contribution in [1.82, 2.24) is 0 Å². The summed E-state index contributed by atoms with van der Waals surface area (Å²) in [6.07, 6.45) is 6.74. The van der Waals surface area contributed by atoms with E-state index < -0.39 is 0 Å². The zero-order valence-electron chi connectivity index (χ0n) is 29.4. The highest BCUT2D eigenvalue weighted by Gasteiger charge is 2.25. The summed E-state index contributed by atoms with van der Waals surface area (Å²) in [6, 6.07) is 57.1. The molecule has 0 fully saturated rings. The van der Waals surface area contributed by atoms with Gasteiger partial charge < -0.3 is 8.83 Å². The van der Waals surface area contributed by atoms with E-state index in [0.29, 0.717) is 0 Å². The number of furan rings is 2. The molecule has 2 aromatic heterocycles. The Kier molecular flexibility index (Phi) is 6.20. The molecule has 0 saturated carbocycles. The highest BCUT2D eigenvalue weighted by molar-refractivity contribution is 6.25. The van der Waals surface area contributed by atoms with Gasteiger partial charge in [-0.05, 0) is 114 Å². The first-order valence-electron chi connectivity index (χ1n) is 18.8. The van der Waals surface area contributed by atoms with E-state index in [-0.39, 0.29) is 0 Å². The van der Waals surface area contributed by atoms with Crippen LogP contribution in [0.5, 0.6) is 0 Å². The monoisotopic (exact) mass is 688 g/mol. The van der Waals surface area contributed by atoms with Gasteiger partial charge in [0.15, 0.2) is 0 Å². The first-order chi connectivity index (χ1) is 26.8. The van der Waals surface area contributed by atoms with Crippen LogP contribution in [-0.2, 0) is 6.42 Å². The van der Waals surface area contributed by atoms with E-state index in [1.54, 1.807) is 0 Å². The Balaban J connectivity index is 1.15. The van der Waals surface area contributed by atoms with Gasteiger partial charge >= 0.3 is 0 Å². The lowest BCUT2D eigenvalue weighted by Gasteiger charge is -2.25. The Bertz CT molecular complexity index is 3390. The molecule has 0 amide bonds. The van der Waals surface area contributed by atoms with E-state index in [2.05, 4.69) is 158 Å². The van der Waals surface area contributed by atoms with E-state index in [1.165, 1.54) is 65.7 Å². The van der Waals surface area contributed by atoms with Crippen LogP contribution in [0.1, 0.15) is 17.5 Å². The van der Waals surface area contributed by atoms with Crippen LogP contribution in [0.4, 0.5) is 0 Å². The third-order valence-corrected chi connectivity index (χ3v) is 11.7. The van der Waals surface area contributed by atoms with Crippen LogP contribution in [0.3, 0.4) is 0 Å². The van der Waals surface area contributed by atoms with Crippen LogP contribution >= 0.6 is 0 Å². The van der Waals surface area contributed by atoms with Gasteiger partial charge in [0.1, 0.15) is 22.3 Å². The fourth-order valence-electron chi connectivity index (χ4n) is 9.39. The first kappa shape index (κ1) is 29.7. The van der Waals surface area contributed by atoms with Crippen LogP contribution < -0.4 is 0 Å². The van der Waals surface area contributed by atoms with Gasteiger partial charge in [-0.15, -0.1) is 0 Å². The molecule has 11 aromatic rings. The van der Waals surface area contributed by atoms with Gasteiger partial charge in [-0.1, -0.05) is 140 Å². The van der Waals surface area contributed by atoms with Crippen LogP contribution in [0.2, 0.25) is 0 Å². The lowest BCUT2D eigenvalue weighted by Crippen LogP contribution is -2.03. The molecule has 54 heavy (non-hydrogen) atoms. The summed E-state index contributed by atoms with van der Waals surface area (Å²) in [5, 5.41) is 12.0. The molecule has 0 saturated heterocycles. The fourth-order valence-corrected chi connectivity index (χ4v) is 9.39. The molecular weight excluding hydrogens is 657 g/mol. The molecule has 0 N–H and O–H groups in total. The quantitative estimate of drug-likeness (QED) is 0.173. The van der Waals surface area contributed by atoms with Crippen LogP contribution in [0.25, 0.3) is 116 Å². The third-order valence-electron chi connectivity index (χ3n) is 11.7. The van der Waals surface area contributed by atoms with E-state index in [0.717, 1.165) is 67.8 Å². The summed E-state index contributed by atoms with van der Waals surface area (Å²) in [5.41, 5.74) is 13.5. The van der Waals surface area contributed by atoms with Crippen molar-refractivity contribution in [3.05, 3.63) is 175 Å². The van der Waals surface area contributed by atoms with Gasteiger partial charge in [-0.3, -0.25) is 0 Å². The van der Waals surface area contributed by atoms with Crippen molar-refractivity contribution in [2.75, 3.05) is 0 Å². The summed E-state index contributed by atoms with van der Waals surface area (Å²) >= 11 is 0. The van der Waals surface area contributed by atoms with Gasteiger partial charge in [0.2, 0.25) is 0 Å². The predicted octanol–water partition coefficient (Wildman–Crippen LogP) is 14.9. The summed E-state index contributed by atoms with van der Waals surface area (Å²) < 4.78 is 13.3. The topological polar surface area (TPSA) is 26.3 Å². The van der Waals surface area contributed by atoms with Crippen LogP contribution in [-0.4, -0.2) is 0 Å². The summed E-state index contributed by atoms with van der Waals surface area (Å²) in [5.74, 6) is 0. The second-order valence-electron chi connectivity index (χ2n) is 14.6. The standard InChI is InChI=1S/C52H32O2/c1-2-17-34-32(14-1)29-44(36-19-4-3-18-35(34)36)49-40-23-7-5-21-38(40)48(39-22-6-8-24-41(39)49)33-16-13-15-31(28-33)43-30-45-37-20-9-11-26-46(37)53-52(45)50-42-25-10-12-27-47(42)54-51(43)50/h1-7,9-23,25-30H,8,24H2. The molecule has 2 heterocycles. The van der Waals surface area contributed by atoms with Gasteiger partial charge in [0.25, 0.3) is 0 Å². The molecule has 1 aliphatic rings. The zero-order chi connectivity index (χ0) is 35.3. The normalized spacial score (nSPS) is 13.0. The molecule has 0 aliphatic heterocycles. The van der Waals surface area contributed by atoms with E-state index in [1.807, 2.05) is 12.1 Å². The van der Waals surface area contributed by atoms with E-state index >= 15 is 0 Å². The van der Waals surface area contributed by atoms with Crippen molar-refractivity contribution in [3.8, 4) is 33.4 Å². The Morgan fingerprint density at radius 3 is 1.87 bits per heavy atom. The zero-order valence-corrected chi connectivity index (χ0v) is 29.4. The number of rotatable bonds is 3. The van der Waals surface area contributed by atoms with Crippen molar-refractivity contribution in [1.29, 1.82) is 0 Å². The molecule has 0 atom stereocenters. The SMILES string of the molecule is C1=Cc2c(c(-c3cc4ccccc4c4ccccc34)c3ccccc3c2-c2cccc(-c3cc4c5ccccc5oc4c4c3oc3ccccc34)c2)CC1. The highest BCUT2D eigenvalue weighted by Crippen LogP contribution is 2.49. The Morgan fingerprint density at radius 2 is 1.04 bits per heavy atom. The predicted molar refractivity (Wildman–Crippen MR) is 227 cm³/mol. The van der Waals surface area contributed by atoms with Gasteiger partial charge in [0.05, 0.1) is 5.39 Å². The molecule has 0 spiro atoms. The van der Waals surface area contributed by atoms with Crippen molar-refractivity contribution >= 4 is 82.3 Å². The van der Waals surface area contributed by atoms with Crippen molar-refractivity contribution in [2.45, 2.75) is 12.8 Å². The van der Waals surface area contributed by atoms with Crippen LogP contribution in [0.15, 0.2) is 173 Å². The first-order valence-corrected chi connectivity index (χ1v) is 18.8. The largest absolute Gasteiger partial charge is 0.455 e. The molecule has 0 radical (unpaired) electrons. The van der Waals surface area contributed by atoms with E-state index in [9.17, 15) is 0 Å². The molecule has 12 rings (SSSR count). The number of hydrogen-bond donors (Lipinski definition) is 0. The Morgan fingerprint density at radius 1 is 0.407 bits per heavy atom. The number of benzene rings is 9. The number of fused-ring (bicyclic) bond motifs is 12. The third kappa shape index (κ3) is 4.17.